The molecule has 0 aromatic carbocycles. The van der Waals surface area contributed by atoms with E-state index in [1.54, 1.807) is 0 Å². The first-order valence-corrected chi connectivity index (χ1v) is 21.4. The summed E-state index contributed by atoms with van der Waals surface area (Å²) in [4.78, 5) is 13.0. The Morgan fingerprint density at radius 2 is 1.11 bits per heavy atom. The Balaban J connectivity index is 2.57. The van der Waals surface area contributed by atoms with Crippen molar-refractivity contribution in [2.24, 2.45) is 0 Å². The molecule has 1 fully saturated rings. The molecule has 1 heterocycles. The molecule has 11 heteroatoms. The first-order chi connectivity index (χ1) is 26.2. The molecule has 0 saturated carbocycles. The summed E-state index contributed by atoms with van der Waals surface area (Å²) in [7, 11) is 0. The van der Waals surface area contributed by atoms with Gasteiger partial charge in [0.15, 0.2) is 6.29 Å². The Morgan fingerprint density at radius 3 is 1.65 bits per heavy atom. The zero-order valence-electron chi connectivity index (χ0n) is 33.7. The molecule has 1 rings (SSSR count). The Morgan fingerprint density at radius 1 is 0.630 bits per heavy atom. The second kappa shape index (κ2) is 33.5. The van der Waals surface area contributed by atoms with Gasteiger partial charge in [0.25, 0.3) is 0 Å². The molecule has 11 nitrogen and oxygen atoms in total. The molecule has 9 atom stereocenters. The number of nitrogens with one attached hydrogen (secondary N) is 1. The number of rotatable bonds is 34. The fraction of sp³-hybridized carbons (Fsp3) is 0.837. The van der Waals surface area contributed by atoms with Crippen LogP contribution in [0.1, 0.15) is 162 Å². The predicted molar refractivity (Wildman–Crippen MR) is 215 cm³/mol. The van der Waals surface area contributed by atoms with Crippen molar-refractivity contribution in [3.05, 3.63) is 36.5 Å². The fourth-order valence-corrected chi connectivity index (χ4v) is 6.51. The quantitative estimate of drug-likeness (QED) is 0.0283. The Labute approximate surface area is 326 Å². The Kier molecular flexibility index (Phi) is 31.2. The van der Waals surface area contributed by atoms with Crippen LogP contribution in [0.25, 0.3) is 0 Å². The molecule has 8 N–H and O–H groups in total. The van der Waals surface area contributed by atoms with Gasteiger partial charge in [0.1, 0.15) is 36.6 Å². The van der Waals surface area contributed by atoms with Gasteiger partial charge in [-0.1, -0.05) is 121 Å². The maximum atomic E-state index is 13.0. The van der Waals surface area contributed by atoms with Crippen LogP contribution in [-0.2, 0) is 14.3 Å². The molecule has 1 aliphatic rings. The van der Waals surface area contributed by atoms with Gasteiger partial charge in [-0.25, -0.2) is 0 Å². The highest BCUT2D eigenvalue weighted by atomic mass is 16.7. The molecule has 1 amide bonds. The highest BCUT2D eigenvalue weighted by Crippen LogP contribution is 2.23. The lowest BCUT2D eigenvalue weighted by molar-refractivity contribution is -0.303. The van der Waals surface area contributed by atoms with Crippen LogP contribution in [0.4, 0.5) is 0 Å². The number of unbranched alkanes of at least 4 members (excludes halogenated alkanes) is 16. The third kappa shape index (κ3) is 23.4. The zero-order chi connectivity index (χ0) is 39.8. The summed E-state index contributed by atoms with van der Waals surface area (Å²) in [5, 5.41) is 75.3. The molecule has 0 spiro atoms. The second-order valence-corrected chi connectivity index (χ2v) is 15.0. The summed E-state index contributed by atoms with van der Waals surface area (Å²) in [6.45, 7) is 3.36. The van der Waals surface area contributed by atoms with Crippen LogP contribution >= 0.6 is 0 Å². The predicted octanol–water partition coefficient (Wildman–Crippen LogP) is 6.05. The molecule has 316 valence electrons. The fourth-order valence-electron chi connectivity index (χ4n) is 6.51. The van der Waals surface area contributed by atoms with Crippen molar-refractivity contribution in [1.82, 2.24) is 5.32 Å². The van der Waals surface area contributed by atoms with E-state index < -0.39 is 74.2 Å². The molecule has 0 aromatic rings. The number of allylic oxidation sites excluding steroid dienone is 6. The van der Waals surface area contributed by atoms with Gasteiger partial charge in [-0.3, -0.25) is 4.79 Å². The summed E-state index contributed by atoms with van der Waals surface area (Å²) in [6, 6.07) is -1.20. The van der Waals surface area contributed by atoms with Gasteiger partial charge >= 0.3 is 0 Å². The molecule has 9 unspecified atom stereocenters. The SMILES string of the molecule is CCCCCCCC/C=C\CCCCC(O)C(=O)NC(COC1OC(CO)C(O)C(O)C1O)C(O)C(O)CCC/C=C/CC/C=C/CCCCCCCC. The highest BCUT2D eigenvalue weighted by Gasteiger charge is 2.44. The molecule has 0 bridgehead atoms. The topological polar surface area (TPSA) is 189 Å². The second-order valence-electron chi connectivity index (χ2n) is 15.0. The third-order valence-electron chi connectivity index (χ3n) is 10.1. The van der Waals surface area contributed by atoms with Crippen molar-refractivity contribution in [2.45, 2.75) is 217 Å². The van der Waals surface area contributed by atoms with Crippen LogP contribution in [0.3, 0.4) is 0 Å². The van der Waals surface area contributed by atoms with Crippen LogP contribution in [0, 0.1) is 0 Å². The van der Waals surface area contributed by atoms with Crippen molar-refractivity contribution >= 4 is 5.91 Å². The number of carbonyl (C=O) groups is 1. The number of aliphatic hydroxyl groups excluding tert-OH is 7. The van der Waals surface area contributed by atoms with Crippen molar-refractivity contribution in [1.29, 1.82) is 0 Å². The summed E-state index contributed by atoms with van der Waals surface area (Å²) in [6.07, 6.45) is 24.9. The van der Waals surface area contributed by atoms with E-state index >= 15 is 0 Å². The van der Waals surface area contributed by atoms with Crippen LogP contribution in [0.5, 0.6) is 0 Å². The lowest BCUT2D eigenvalue weighted by Gasteiger charge is -2.40. The van der Waals surface area contributed by atoms with Crippen LogP contribution in [0.15, 0.2) is 36.5 Å². The highest BCUT2D eigenvalue weighted by molar-refractivity contribution is 5.80. The van der Waals surface area contributed by atoms with Gasteiger partial charge in [-0.2, -0.15) is 0 Å². The van der Waals surface area contributed by atoms with Gasteiger partial charge in [-0.15, -0.1) is 0 Å². The van der Waals surface area contributed by atoms with Gasteiger partial charge in [-0.05, 0) is 77.0 Å². The average molecular weight is 770 g/mol. The maximum absolute atomic E-state index is 13.0. The summed E-state index contributed by atoms with van der Waals surface area (Å²) < 4.78 is 11.0. The molecule has 1 saturated heterocycles. The van der Waals surface area contributed by atoms with E-state index in [9.17, 15) is 40.5 Å². The van der Waals surface area contributed by atoms with Gasteiger partial charge in [0.2, 0.25) is 5.91 Å². The standard InChI is InChI=1S/C43H79NO10/c1-3-5-7-9-11-13-15-17-18-19-21-22-24-26-28-30-35(46)38(48)34(33-53-43-41(51)40(50)39(49)37(32-45)54-43)44-42(52)36(47)31-29-27-25-23-20-16-14-12-10-8-6-4-2/h17-18,20,22-24,34-41,43,45-51H,3-16,19,21,25-33H2,1-2H3,(H,44,52)/b18-17+,23-20-,24-22+. The van der Waals surface area contributed by atoms with E-state index in [1.807, 2.05) is 0 Å². The number of hydrogen-bond acceptors (Lipinski definition) is 10. The molecule has 54 heavy (non-hydrogen) atoms. The summed E-state index contributed by atoms with van der Waals surface area (Å²) in [5.74, 6) is -0.730. The van der Waals surface area contributed by atoms with E-state index in [1.165, 1.54) is 77.0 Å². The van der Waals surface area contributed by atoms with Crippen molar-refractivity contribution in [3.8, 4) is 0 Å². The third-order valence-corrected chi connectivity index (χ3v) is 10.1. The molecule has 0 aromatic heterocycles. The zero-order valence-corrected chi connectivity index (χ0v) is 33.7. The van der Waals surface area contributed by atoms with Crippen molar-refractivity contribution < 1.29 is 50.0 Å². The minimum absolute atomic E-state index is 0.220. The molecular formula is C43H79NO10. The first kappa shape index (κ1) is 50.3. The number of amides is 1. The summed E-state index contributed by atoms with van der Waals surface area (Å²) >= 11 is 0. The first-order valence-electron chi connectivity index (χ1n) is 21.4. The largest absolute Gasteiger partial charge is 0.394 e. The van der Waals surface area contributed by atoms with Crippen LogP contribution < -0.4 is 5.32 Å². The van der Waals surface area contributed by atoms with E-state index in [0.29, 0.717) is 19.3 Å². The van der Waals surface area contributed by atoms with Crippen LogP contribution in [-0.4, -0.2) is 110 Å². The molecule has 0 aliphatic carbocycles. The summed E-state index contributed by atoms with van der Waals surface area (Å²) in [5.41, 5.74) is 0. The van der Waals surface area contributed by atoms with Gasteiger partial charge in [0.05, 0.1) is 25.4 Å². The lowest BCUT2D eigenvalue weighted by Crippen LogP contribution is -2.60. The van der Waals surface area contributed by atoms with Crippen molar-refractivity contribution in [3.63, 3.8) is 0 Å². The Bertz CT molecular complexity index is 976. The normalized spacial score (nSPS) is 23.0. The number of hydrogen-bond donors (Lipinski definition) is 8. The number of ether oxygens (including phenoxy) is 2. The van der Waals surface area contributed by atoms with E-state index in [4.69, 9.17) is 9.47 Å². The maximum Gasteiger partial charge on any atom is 0.249 e. The van der Waals surface area contributed by atoms with E-state index in [-0.39, 0.29) is 12.8 Å². The van der Waals surface area contributed by atoms with Crippen LogP contribution in [0.2, 0.25) is 0 Å². The monoisotopic (exact) mass is 770 g/mol. The molecular weight excluding hydrogens is 690 g/mol. The van der Waals surface area contributed by atoms with Crippen molar-refractivity contribution in [2.75, 3.05) is 13.2 Å². The van der Waals surface area contributed by atoms with E-state index in [2.05, 4.69) is 55.6 Å². The molecule has 1 aliphatic heterocycles. The number of carbonyl (C=O) groups excluding carboxylic acids is 1. The minimum Gasteiger partial charge on any atom is -0.394 e. The average Bonchev–Trinajstić information content (AvgIpc) is 3.17. The van der Waals surface area contributed by atoms with E-state index in [0.717, 1.165) is 38.5 Å². The smallest absolute Gasteiger partial charge is 0.249 e. The molecule has 0 radical (unpaired) electrons. The van der Waals surface area contributed by atoms with Gasteiger partial charge in [0, 0.05) is 0 Å². The minimum atomic E-state index is -1.67. The number of aliphatic hydroxyl groups is 7. The Hall–Kier alpha value is -1.67. The lowest BCUT2D eigenvalue weighted by atomic mass is 9.98. The van der Waals surface area contributed by atoms with Gasteiger partial charge < -0.3 is 50.5 Å².